The van der Waals surface area contributed by atoms with E-state index in [1.54, 1.807) is 24.3 Å². The second-order valence-corrected chi connectivity index (χ2v) is 4.81. The van der Waals surface area contributed by atoms with E-state index in [1.165, 1.54) is 0 Å². The Morgan fingerprint density at radius 1 is 1.17 bits per heavy atom. The predicted molar refractivity (Wildman–Crippen MR) is 69.9 cm³/mol. The fourth-order valence-corrected chi connectivity index (χ4v) is 2.23. The van der Waals surface area contributed by atoms with Crippen molar-refractivity contribution >= 4 is 0 Å². The fourth-order valence-electron chi connectivity index (χ4n) is 2.23. The lowest BCUT2D eigenvalue weighted by Gasteiger charge is -2.30. The minimum atomic E-state index is 0.258. The Morgan fingerprint density at radius 3 is 2.44 bits per heavy atom. The molecule has 2 rings (SSSR count). The first kappa shape index (κ1) is 13.2. The van der Waals surface area contributed by atoms with Gasteiger partial charge in [0.05, 0.1) is 0 Å². The number of hydrogen-bond acceptors (Lipinski definition) is 4. The Bertz CT molecular complexity index is 345. The van der Waals surface area contributed by atoms with Gasteiger partial charge in [0.1, 0.15) is 18.1 Å². The molecule has 0 atom stereocenters. The number of ether oxygens (including phenoxy) is 1. The first-order valence-corrected chi connectivity index (χ1v) is 6.53. The molecule has 2 N–H and O–H groups in total. The van der Waals surface area contributed by atoms with Crippen molar-refractivity contribution in [1.82, 2.24) is 4.90 Å². The Hall–Kier alpha value is -1.26. The van der Waals surface area contributed by atoms with Gasteiger partial charge in [-0.25, -0.2) is 0 Å². The molecule has 0 aliphatic carbocycles. The summed E-state index contributed by atoms with van der Waals surface area (Å²) in [6.45, 7) is 3.99. The Morgan fingerprint density at radius 2 is 1.83 bits per heavy atom. The van der Waals surface area contributed by atoms with Crippen LogP contribution in [0.25, 0.3) is 0 Å². The molecule has 4 heteroatoms. The van der Waals surface area contributed by atoms with E-state index in [9.17, 15) is 0 Å². The van der Waals surface area contributed by atoms with E-state index in [0.29, 0.717) is 19.1 Å². The van der Waals surface area contributed by atoms with Crippen LogP contribution in [0.4, 0.5) is 0 Å². The predicted octanol–water partition coefficient (Wildman–Crippen LogP) is 1.48. The lowest BCUT2D eigenvalue weighted by atomic mass is 9.98. The maximum atomic E-state index is 9.15. The molecule has 1 aliphatic heterocycles. The highest BCUT2D eigenvalue weighted by molar-refractivity contribution is 5.29. The number of aromatic hydroxyl groups is 1. The average molecular weight is 251 g/mol. The Labute approximate surface area is 108 Å². The molecule has 100 valence electrons. The zero-order chi connectivity index (χ0) is 12.8. The van der Waals surface area contributed by atoms with Crippen LogP contribution in [0.15, 0.2) is 24.3 Å². The maximum Gasteiger partial charge on any atom is 0.119 e. The second-order valence-electron chi connectivity index (χ2n) is 4.81. The molecule has 0 bridgehead atoms. The van der Waals surface area contributed by atoms with Crippen molar-refractivity contribution in [3.8, 4) is 11.5 Å². The van der Waals surface area contributed by atoms with Gasteiger partial charge >= 0.3 is 0 Å². The van der Waals surface area contributed by atoms with E-state index in [4.69, 9.17) is 14.9 Å². The molecule has 1 fully saturated rings. The van der Waals surface area contributed by atoms with Gasteiger partial charge in [-0.2, -0.15) is 0 Å². The Kier molecular flexibility index (Phi) is 4.84. The van der Waals surface area contributed by atoms with Crippen LogP contribution in [-0.2, 0) is 0 Å². The standard InChI is InChI=1S/C14H21NO3/c16-11-12-5-7-15(8-6-12)9-10-18-14-3-1-13(17)2-4-14/h1-4,12,16-17H,5-11H2. The topological polar surface area (TPSA) is 52.9 Å². The molecule has 1 aromatic rings. The van der Waals surface area contributed by atoms with E-state index >= 15 is 0 Å². The molecule has 4 nitrogen and oxygen atoms in total. The highest BCUT2D eigenvalue weighted by Gasteiger charge is 2.17. The molecular formula is C14H21NO3. The third kappa shape index (κ3) is 3.89. The van der Waals surface area contributed by atoms with Crippen molar-refractivity contribution in [2.45, 2.75) is 12.8 Å². The zero-order valence-corrected chi connectivity index (χ0v) is 10.6. The van der Waals surface area contributed by atoms with Crippen molar-refractivity contribution in [3.05, 3.63) is 24.3 Å². The lowest BCUT2D eigenvalue weighted by molar-refractivity contribution is 0.118. The van der Waals surface area contributed by atoms with Gasteiger partial charge in [-0.15, -0.1) is 0 Å². The van der Waals surface area contributed by atoms with Gasteiger partial charge in [0.25, 0.3) is 0 Å². The van der Waals surface area contributed by atoms with Gasteiger partial charge in [-0.3, -0.25) is 4.90 Å². The maximum absolute atomic E-state index is 9.15. The number of aliphatic hydroxyl groups excluding tert-OH is 1. The molecule has 0 saturated carbocycles. The summed E-state index contributed by atoms with van der Waals surface area (Å²) in [5.41, 5.74) is 0. The van der Waals surface area contributed by atoms with Crippen molar-refractivity contribution in [3.63, 3.8) is 0 Å². The summed E-state index contributed by atoms with van der Waals surface area (Å²) in [6.07, 6.45) is 2.16. The summed E-state index contributed by atoms with van der Waals surface area (Å²) in [7, 11) is 0. The molecule has 0 aromatic heterocycles. The molecular weight excluding hydrogens is 230 g/mol. The van der Waals surface area contributed by atoms with Crippen LogP contribution in [0.3, 0.4) is 0 Å². The summed E-state index contributed by atoms with van der Waals surface area (Å²) < 4.78 is 5.61. The summed E-state index contributed by atoms with van der Waals surface area (Å²) in [5.74, 6) is 1.53. The highest BCUT2D eigenvalue weighted by Crippen LogP contribution is 2.17. The smallest absolute Gasteiger partial charge is 0.119 e. The minimum Gasteiger partial charge on any atom is -0.508 e. The largest absolute Gasteiger partial charge is 0.508 e. The molecule has 0 amide bonds. The highest BCUT2D eigenvalue weighted by atomic mass is 16.5. The molecule has 0 spiro atoms. The van der Waals surface area contributed by atoms with E-state index in [0.717, 1.165) is 38.2 Å². The Balaban J connectivity index is 1.65. The van der Waals surface area contributed by atoms with Crippen molar-refractivity contribution in [2.24, 2.45) is 5.92 Å². The first-order chi connectivity index (χ1) is 8.78. The number of aliphatic hydroxyl groups is 1. The van der Waals surface area contributed by atoms with Crippen LogP contribution in [0.5, 0.6) is 11.5 Å². The number of piperidine rings is 1. The number of nitrogens with zero attached hydrogens (tertiary/aromatic N) is 1. The van der Waals surface area contributed by atoms with Crippen LogP contribution in [0, 0.1) is 5.92 Å². The minimum absolute atomic E-state index is 0.258. The van der Waals surface area contributed by atoms with Crippen LogP contribution >= 0.6 is 0 Å². The summed E-state index contributed by atoms with van der Waals surface area (Å²) in [4.78, 5) is 2.37. The van der Waals surface area contributed by atoms with Crippen molar-refractivity contribution in [2.75, 3.05) is 32.8 Å². The molecule has 1 aromatic carbocycles. The molecule has 0 radical (unpaired) electrons. The first-order valence-electron chi connectivity index (χ1n) is 6.53. The molecule has 1 saturated heterocycles. The van der Waals surface area contributed by atoms with Crippen LogP contribution in [-0.4, -0.2) is 48.0 Å². The summed E-state index contributed by atoms with van der Waals surface area (Å²) in [5, 5.41) is 18.2. The van der Waals surface area contributed by atoms with Crippen LogP contribution in [0.1, 0.15) is 12.8 Å². The van der Waals surface area contributed by atoms with Gasteiger partial charge in [0.15, 0.2) is 0 Å². The zero-order valence-electron chi connectivity index (χ0n) is 10.6. The van der Waals surface area contributed by atoms with E-state index in [1.807, 2.05) is 0 Å². The normalized spacial score (nSPS) is 17.8. The van der Waals surface area contributed by atoms with E-state index in [2.05, 4.69) is 4.90 Å². The van der Waals surface area contributed by atoms with Gasteiger partial charge in [-0.1, -0.05) is 0 Å². The SMILES string of the molecule is OCC1CCN(CCOc2ccc(O)cc2)CC1. The fraction of sp³-hybridized carbons (Fsp3) is 0.571. The number of phenolic OH excluding ortho intramolecular Hbond substituents is 1. The van der Waals surface area contributed by atoms with E-state index in [-0.39, 0.29) is 5.75 Å². The monoisotopic (exact) mass is 251 g/mol. The summed E-state index contributed by atoms with van der Waals surface area (Å²) >= 11 is 0. The lowest BCUT2D eigenvalue weighted by Crippen LogP contribution is -2.37. The van der Waals surface area contributed by atoms with Crippen LogP contribution in [0.2, 0.25) is 0 Å². The molecule has 18 heavy (non-hydrogen) atoms. The van der Waals surface area contributed by atoms with Crippen molar-refractivity contribution in [1.29, 1.82) is 0 Å². The number of phenols is 1. The van der Waals surface area contributed by atoms with Crippen molar-refractivity contribution < 1.29 is 14.9 Å². The van der Waals surface area contributed by atoms with Gasteiger partial charge in [0.2, 0.25) is 0 Å². The quantitative estimate of drug-likeness (QED) is 0.832. The van der Waals surface area contributed by atoms with Gasteiger partial charge in [-0.05, 0) is 56.1 Å². The molecule has 1 aliphatic rings. The average Bonchev–Trinajstić information content (AvgIpc) is 2.42. The molecule has 0 unspecified atom stereocenters. The summed E-state index contributed by atoms with van der Waals surface area (Å²) in [6, 6.07) is 6.80. The number of likely N-dealkylation sites (tertiary alicyclic amines) is 1. The number of benzene rings is 1. The molecule has 1 heterocycles. The number of hydrogen-bond donors (Lipinski definition) is 2. The third-order valence-corrected chi connectivity index (χ3v) is 3.48. The number of rotatable bonds is 5. The van der Waals surface area contributed by atoms with Gasteiger partial charge in [0, 0.05) is 13.2 Å². The third-order valence-electron chi connectivity index (χ3n) is 3.48. The van der Waals surface area contributed by atoms with Crippen LogP contribution < -0.4 is 4.74 Å². The second kappa shape index (κ2) is 6.61. The van der Waals surface area contributed by atoms with E-state index < -0.39 is 0 Å². The van der Waals surface area contributed by atoms with Gasteiger partial charge < -0.3 is 14.9 Å².